The van der Waals surface area contributed by atoms with Gasteiger partial charge in [-0.1, -0.05) is 42.5 Å². The van der Waals surface area contributed by atoms with Crippen molar-refractivity contribution < 1.29 is 33.1 Å². The summed E-state index contributed by atoms with van der Waals surface area (Å²) in [6, 6.07) is 19.8. The smallest absolute Gasteiger partial charge is 0.353 e. The Labute approximate surface area is 160 Å². The quantitative estimate of drug-likeness (QED) is 0.298. The SMILES string of the molecule is O.O=S(=O)([O-])O.Oc1ccc2ccccc2c1CNc1[nH]c2ccccc2[nH+]1. The molecule has 0 unspecified atom stereocenters. The molecular formula is C18H19N3O6S. The molecule has 3 aromatic carbocycles. The minimum Gasteiger partial charge on any atom is -0.726 e. The van der Waals surface area contributed by atoms with Gasteiger partial charge in [0.25, 0.3) is 0 Å². The van der Waals surface area contributed by atoms with Crippen molar-refractivity contribution in [1.82, 2.24) is 4.98 Å². The van der Waals surface area contributed by atoms with Gasteiger partial charge in [0.15, 0.2) is 0 Å². The van der Waals surface area contributed by atoms with Gasteiger partial charge >= 0.3 is 5.95 Å². The number of hydrogen-bond donors (Lipinski definition) is 4. The third-order valence-corrected chi connectivity index (χ3v) is 3.90. The van der Waals surface area contributed by atoms with Crippen LogP contribution in [0.5, 0.6) is 5.75 Å². The Hall–Kier alpha value is -3.18. The summed E-state index contributed by atoms with van der Waals surface area (Å²) in [7, 11) is -4.92. The molecule has 4 rings (SSSR count). The fourth-order valence-corrected chi connectivity index (χ4v) is 2.78. The Morgan fingerprint density at radius 3 is 2.39 bits per heavy atom. The molecule has 0 atom stereocenters. The Morgan fingerprint density at radius 2 is 1.68 bits per heavy atom. The van der Waals surface area contributed by atoms with Gasteiger partial charge in [-0.15, -0.1) is 0 Å². The maximum absolute atomic E-state index is 10.2. The van der Waals surface area contributed by atoms with Crippen molar-refractivity contribution in [3.05, 3.63) is 66.2 Å². The van der Waals surface area contributed by atoms with E-state index in [1.54, 1.807) is 6.07 Å². The van der Waals surface area contributed by atoms with Gasteiger partial charge in [-0.05, 0) is 29.0 Å². The number of phenols is 1. The first-order chi connectivity index (χ1) is 12.8. The topological polar surface area (TPSA) is 171 Å². The zero-order chi connectivity index (χ0) is 19.4. The average molecular weight is 405 g/mol. The van der Waals surface area contributed by atoms with Crippen LogP contribution in [0.4, 0.5) is 5.95 Å². The maximum atomic E-state index is 10.2. The molecule has 0 saturated carbocycles. The average Bonchev–Trinajstić information content (AvgIpc) is 3.02. The molecule has 0 bridgehead atoms. The van der Waals surface area contributed by atoms with E-state index in [0.717, 1.165) is 33.3 Å². The number of aromatic nitrogens is 2. The van der Waals surface area contributed by atoms with Crippen molar-refractivity contribution in [2.45, 2.75) is 6.54 Å². The molecule has 0 aliphatic carbocycles. The van der Waals surface area contributed by atoms with E-state index >= 15 is 0 Å². The normalized spacial score (nSPS) is 10.8. The van der Waals surface area contributed by atoms with Crippen molar-refractivity contribution in [3.63, 3.8) is 0 Å². The molecule has 0 amide bonds. The fourth-order valence-electron chi connectivity index (χ4n) is 2.78. The Kier molecular flexibility index (Phi) is 6.54. The van der Waals surface area contributed by atoms with E-state index in [2.05, 4.69) is 15.3 Å². The number of anilines is 1. The second kappa shape index (κ2) is 8.67. The highest BCUT2D eigenvalue weighted by atomic mass is 32.3. The summed E-state index contributed by atoms with van der Waals surface area (Å²) in [6.07, 6.45) is 0. The van der Waals surface area contributed by atoms with Gasteiger partial charge in [0.2, 0.25) is 10.4 Å². The van der Waals surface area contributed by atoms with Crippen molar-refractivity contribution >= 4 is 38.2 Å². The lowest BCUT2D eigenvalue weighted by atomic mass is 10.0. The highest BCUT2D eigenvalue weighted by Gasteiger charge is 2.11. The number of phenolic OH excluding ortho intramolecular Hbond substituents is 1. The van der Waals surface area contributed by atoms with Crippen LogP contribution in [0.15, 0.2) is 60.7 Å². The summed E-state index contributed by atoms with van der Waals surface area (Å²) in [5.74, 6) is 1.14. The number of aromatic hydroxyl groups is 1. The number of benzene rings is 3. The van der Waals surface area contributed by atoms with Crippen LogP contribution in [0.25, 0.3) is 21.8 Å². The van der Waals surface area contributed by atoms with Crippen molar-refractivity contribution in [3.8, 4) is 5.75 Å². The van der Waals surface area contributed by atoms with Crippen LogP contribution in [-0.2, 0) is 16.9 Å². The number of H-pyrrole nitrogens is 2. The molecule has 0 fully saturated rings. The van der Waals surface area contributed by atoms with Crippen molar-refractivity contribution in [2.24, 2.45) is 0 Å². The number of imidazole rings is 1. The molecule has 1 heterocycles. The van der Waals surface area contributed by atoms with Gasteiger partial charge in [-0.25, -0.2) is 18.4 Å². The predicted molar refractivity (Wildman–Crippen MR) is 104 cm³/mol. The second-order valence-corrected chi connectivity index (χ2v) is 6.59. The lowest BCUT2D eigenvalue weighted by Gasteiger charge is -2.07. The number of hydrogen-bond acceptors (Lipinski definition) is 5. The Balaban J connectivity index is 0.000000420. The molecule has 4 aromatic rings. The molecule has 0 saturated heterocycles. The zero-order valence-electron chi connectivity index (χ0n) is 14.5. The lowest BCUT2D eigenvalue weighted by Crippen LogP contribution is -2.10. The summed E-state index contributed by atoms with van der Waals surface area (Å²) in [5, 5.41) is 15.7. The van der Waals surface area contributed by atoms with Crippen LogP contribution in [0.3, 0.4) is 0 Å². The van der Waals surface area contributed by atoms with E-state index in [4.69, 9.17) is 17.5 Å². The standard InChI is InChI=1S/C18H15N3O.H2O4S.H2O/c22-17-10-9-12-5-1-2-6-13(12)14(17)11-19-18-20-15-7-3-4-8-16(15)21-18;1-5(2,3)4;/h1-10,22H,11H2,(H2,19,20,21);(H2,1,2,3,4);1H2. The first-order valence-corrected chi connectivity index (χ1v) is 9.29. The van der Waals surface area contributed by atoms with Crippen LogP contribution in [-0.4, -0.2) is 33.1 Å². The number of rotatable bonds is 3. The van der Waals surface area contributed by atoms with Gasteiger partial charge in [0.05, 0.1) is 6.54 Å². The largest absolute Gasteiger partial charge is 0.726 e. The predicted octanol–water partition coefficient (Wildman–Crippen LogP) is 1.63. The summed E-state index contributed by atoms with van der Waals surface area (Å²) in [6.45, 7) is 0.538. The summed E-state index contributed by atoms with van der Waals surface area (Å²) in [5.41, 5.74) is 2.99. The van der Waals surface area contributed by atoms with Crippen molar-refractivity contribution in [2.75, 3.05) is 5.32 Å². The molecule has 1 aromatic heterocycles. The second-order valence-electron chi connectivity index (χ2n) is 5.74. The fraction of sp³-hybridized carbons (Fsp3) is 0.0556. The molecule has 148 valence electrons. The highest BCUT2D eigenvalue weighted by Crippen LogP contribution is 2.27. The molecule has 0 radical (unpaired) electrons. The van der Waals surface area contributed by atoms with Crippen LogP contribution in [0, 0.1) is 0 Å². The van der Waals surface area contributed by atoms with E-state index in [9.17, 15) is 5.11 Å². The van der Waals surface area contributed by atoms with E-state index in [1.807, 2.05) is 54.6 Å². The molecule has 10 heteroatoms. The molecule has 0 aliphatic rings. The Morgan fingerprint density at radius 1 is 1.04 bits per heavy atom. The molecule has 0 spiro atoms. The van der Waals surface area contributed by atoms with E-state index in [0.29, 0.717) is 12.3 Å². The third-order valence-electron chi connectivity index (χ3n) is 3.90. The Bertz CT molecular complexity index is 1150. The number of para-hydroxylation sites is 2. The number of nitrogens with one attached hydrogen (secondary N) is 3. The minimum absolute atomic E-state index is 0. The molecular weight excluding hydrogens is 386 g/mol. The number of aromatic amines is 2. The van der Waals surface area contributed by atoms with E-state index in [-0.39, 0.29) is 5.48 Å². The van der Waals surface area contributed by atoms with Crippen LogP contribution >= 0.6 is 0 Å². The molecule has 0 aliphatic heterocycles. The monoisotopic (exact) mass is 405 g/mol. The van der Waals surface area contributed by atoms with Crippen LogP contribution < -0.4 is 10.3 Å². The van der Waals surface area contributed by atoms with E-state index < -0.39 is 10.4 Å². The van der Waals surface area contributed by atoms with Gasteiger partial charge < -0.3 is 15.1 Å². The minimum atomic E-state index is -4.92. The van der Waals surface area contributed by atoms with Gasteiger partial charge in [0, 0.05) is 5.56 Å². The van der Waals surface area contributed by atoms with Gasteiger partial charge in [-0.2, -0.15) is 0 Å². The van der Waals surface area contributed by atoms with Crippen LogP contribution in [0.2, 0.25) is 0 Å². The zero-order valence-corrected chi connectivity index (χ0v) is 15.3. The first kappa shape index (κ1) is 21.1. The van der Waals surface area contributed by atoms with E-state index in [1.165, 1.54) is 0 Å². The van der Waals surface area contributed by atoms with Gasteiger partial charge in [0.1, 0.15) is 16.8 Å². The number of fused-ring (bicyclic) bond motifs is 2. The van der Waals surface area contributed by atoms with Gasteiger partial charge in [-0.3, -0.25) is 9.87 Å². The third kappa shape index (κ3) is 5.41. The van der Waals surface area contributed by atoms with Crippen LogP contribution in [0.1, 0.15) is 5.56 Å². The molecule has 9 nitrogen and oxygen atoms in total. The first-order valence-electron chi connectivity index (χ1n) is 7.93. The maximum Gasteiger partial charge on any atom is 0.353 e. The summed E-state index contributed by atoms with van der Waals surface area (Å²) < 4.78 is 32.8. The summed E-state index contributed by atoms with van der Waals surface area (Å²) in [4.78, 5) is 6.57. The summed E-state index contributed by atoms with van der Waals surface area (Å²) >= 11 is 0. The lowest BCUT2D eigenvalue weighted by molar-refractivity contribution is -0.326. The molecule has 28 heavy (non-hydrogen) atoms. The van der Waals surface area contributed by atoms with Crippen molar-refractivity contribution in [1.29, 1.82) is 0 Å². The highest BCUT2D eigenvalue weighted by molar-refractivity contribution is 7.79. The molecule has 7 N–H and O–H groups in total.